The molecule has 176 valence electrons. The predicted octanol–water partition coefficient (Wildman–Crippen LogP) is 3.32. The lowest BCUT2D eigenvalue weighted by molar-refractivity contribution is 0.00987. The highest BCUT2D eigenvalue weighted by molar-refractivity contribution is 5.69. The van der Waals surface area contributed by atoms with Gasteiger partial charge in [0, 0.05) is 26.7 Å². The van der Waals surface area contributed by atoms with Gasteiger partial charge >= 0.3 is 6.09 Å². The minimum absolute atomic E-state index is 0.0728. The topological polar surface area (TPSA) is 94.4 Å². The zero-order valence-corrected chi connectivity index (χ0v) is 20.3. The third kappa shape index (κ3) is 5.94. The maximum absolute atomic E-state index is 13.2. The van der Waals surface area contributed by atoms with E-state index in [4.69, 9.17) is 9.47 Å². The van der Waals surface area contributed by atoms with Gasteiger partial charge in [-0.25, -0.2) is 9.48 Å². The predicted molar refractivity (Wildman–Crippen MR) is 118 cm³/mol. The smallest absolute Gasteiger partial charge is 0.410 e. The van der Waals surface area contributed by atoms with Gasteiger partial charge in [0.2, 0.25) is 0 Å². The molecule has 1 aromatic heterocycles. The van der Waals surface area contributed by atoms with E-state index in [0.717, 1.165) is 51.0 Å². The van der Waals surface area contributed by atoms with E-state index in [9.17, 15) is 4.79 Å². The number of methoxy groups -OCH3 is 1. The lowest BCUT2D eigenvalue weighted by atomic mass is 9.97. The van der Waals surface area contributed by atoms with Crippen LogP contribution in [0.5, 0.6) is 0 Å². The van der Waals surface area contributed by atoms with E-state index in [1.54, 1.807) is 7.11 Å². The Bertz CT molecular complexity index is 753. The Morgan fingerprint density at radius 2 is 2.00 bits per heavy atom. The second-order valence-electron chi connectivity index (χ2n) is 10.8. The van der Waals surface area contributed by atoms with Crippen molar-refractivity contribution in [2.24, 2.45) is 5.41 Å². The van der Waals surface area contributed by atoms with Crippen molar-refractivity contribution in [3.63, 3.8) is 0 Å². The number of aryl methyl sites for hydroxylation is 1. The summed E-state index contributed by atoms with van der Waals surface area (Å²) in [6.07, 6.45) is 5.03. The molecule has 31 heavy (non-hydrogen) atoms. The average molecular weight is 437 g/mol. The Morgan fingerprint density at radius 3 is 2.58 bits per heavy atom. The number of carbonyl (C=O) groups excluding carboxylic acids is 1. The number of amides is 1. The highest BCUT2D eigenvalue weighted by atomic mass is 16.6. The normalized spacial score (nSPS) is 21.5. The molecule has 0 bridgehead atoms. The SMILES string of the molecule is CCCCn1nnnc1C(NCC(C)(C)OC)[C@@H]1CC2(CC2)CN1C(=O)OC(C)(C)C. The molecular formula is C22H40N6O3. The van der Waals surface area contributed by atoms with Crippen molar-refractivity contribution in [3.8, 4) is 0 Å². The number of hydrogen-bond acceptors (Lipinski definition) is 7. The second kappa shape index (κ2) is 9.02. The first-order valence-corrected chi connectivity index (χ1v) is 11.5. The van der Waals surface area contributed by atoms with Crippen molar-refractivity contribution in [1.82, 2.24) is 30.4 Å². The Morgan fingerprint density at radius 1 is 1.29 bits per heavy atom. The first kappa shape index (κ1) is 23.9. The van der Waals surface area contributed by atoms with Crippen LogP contribution in [0.15, 0.2) is 0 Å². The zero-order chi connectivity index (χ0) is 22.9. The molecule has 1 aromatic rings. The van der Waals surface area contributed by atoms with Gasteiger partial charge in [0.1, 0.15) is 5.60 Å². The summed E-state index contributed by atoms with van der Waals surface area (Å²) in [5, 5.41) is 16.3. The molecule has 1 aliphatic heterocycles. The van der Waals surface area contributed by atoms with Crippen molar-refractivity contribution >= 4 is 6.09 Å². The molecule has 3 rings (SSSR count). The molecule has 1 unspecified atom stereocenters. The molecule has 1 aliphatic carbocycles. The van der Waals surface area contributed by atoms with Crippen LogP contribution in [0.1, 0.15) is 85.5 Å². The molecular weight excluding hydrogens is 396 g/mol. The highest BCUT2D eigenvalue weighted by Gasteiger charge is 2.56. The monoisotopic (exact) mass is 436 g/mol. The standard InChI is InChI=1S/C22H40N6O3/c1-8-9-12-28-18(24-25-26-28)17(23-14-21(5,6)30-7)16-13-22(10-11-22)15-27(16)19(29)31-20(2,3)4/h16-17,23H,8-15H2,1-7H3/t16-,17?/m0/s1. The van der Waals surface area contributed by atoms with Crippen molar-refractivity contribution < 1.29 is 14.3 Å². The summed E-state index contributed by atoms with van der Waals surface area (Å²) in [5.74, 6) is 0.775. The lowest BCUT2D eigenvalue weighted by Gasteiger charge is -2.34. The second-order valence-corrected chi connectivity index (χ2v) is 10.8. The third-order valence-corrected chi connectivity index (χ3v) is 6.38. The van der Waals surface area contributed by atoms with Crippen LogP contribution in [0.2, 0.25) is 0 Å². The summed E-state index contributed by atoms with van der Waals surface area (Å²) in [7, 11) is 1.71. The molecule has 1 N–H and O–H groups in total. The molecule has 2 heterocycles. The molecule has 1 saturated heterocycles. The zero-order valence-electron chi connectivity index (χ0n) is 20.3. The number of nitrogens with one attached hydrogen (secondary N) is 1. The summed E-state index contributed by atoms with van der Waals surface area (Å²) in [5.41, 5.74) is -0.683. The maximum Gasteiger partial charge on any atom is 0.410 e. The van der Waals surface area contributed by atoms with Crippen LogP contribution in [-0.4, -0.2) is 68.6 Å². The molecule has 1 spiro atoms. The largest absolute Gasteiger partial charge is 0.444 e. The van der Waals surface area contributed by atoms with Crippen molar-refractivity contribution in [1.29, 1.82) is 0 Å². The molecule has 1 saturated carbocycles. The molecule has 9 nitrogen and oxygen atoms in total. The summed E-state index contributed by atoms with van der Waals surface area (Å²) in [4.78, 5) is 15.1. The van der Waals surface area contributed by atoms with Crippen LogP contribution in [-0.2, 0) is 16.0 Å². The fourth-order valence-corrected chi connectivity index (χ4v) is 4.18. The van der Waals surface area contributed by atoms with E-state index < -0.39 is 5.60 Å². The Labute approximate surface area is 186 Å². The summed E-state index contributed by atoms with van der Waals surface area (Å²) in [6.45, 7) is 14.1. The van der Waals surface area contributed by atoms with Crippen LogP contribution in [0.25, 0.3) is 0 Å². The number of unbranched alkanes of at least 4 members (excludes halogenated alkanes) is 1. The van der Waals surface area contributed by atoms with Gasteiger partial charge < -0.3 is 19.7 Å². The van der Waals surface area contributed by atoms with Gasteiger partial charge in [0.05, 0.1) is 17.7 Å². The molecule has 0 aromatic carbocycles. The Kier molecular flexibility index (Phi) is 6.96. The van der Waals surface area contributed by atoms with Crippen molar-refractivity contribution in [2.75, 3.05) is 20.2 Å². The summed E-state index contributed by atoms with van der Waals surface area (Å²) < 4.78 is 13.3. The van der Waals surface area contributed by atoms with Gasteiger partial charge in [-0.3, -0.25) is 0 Å². The van der Waals surface area contributed by atoms with Gasteiger partial charge in [-0.05, 0) is 76.1 Å². The summed E-state index contributed by atoms with van der Waals surface area (Å²) in [6, 6.07) is -0.273. The van der Waals surface area contributed by atoms with Gasteiger partial charge in [-0.15, -0.1) is 5.10 Å². The molecule has 0 radical (unpaired) electrons. The minimum atomic E-state index is -0.537. The van der Waals surface area contributed by atoms with Crippen LogP contribution < -0.4 is 5.32 Å². The fourth-order valence-electron chi connectivity index (χ4n) is 4.18. The number of ether oxygens (including phenoxy) is 2. The third-order valence-electron chi connectivity index (χ3n) is 6.38. The number of aromatic nitrogens is 4. The highest BCUT2D eigenvalue weighted by Crippen LogP contribution is 2.56. The van der Waals surface area contributed by atoms with Gasteiger partial charge in [0.25, 0.3) is 0 Å². The van der Waals surface area contributed by atoms with Crippen LogP contribution in [0.4, 0.5) is 4.79 Å². The Hall–Kier alpha value is -1.74. The lowest BCUT2D eigenvalue weighted by Crippen LogP contribution is -2.49. The number of tetrazole rings is 1. The summed E-state index contributed by atoms with van der Waals surface area (Å²) >= 11 is 0. The van der Waals surface area contributed by atoms with E-state index in [1.807, 2.05) is 44.2 Å². The number of hydrogen-bond donors (Lipinski definition) is 1. The van der Waals surface area contributed by atoms with E-state index in [1.165, 1.54) is 0 Å². The van der Waals surface area contributed by atoms with E-state index in [2.05, 4.69) is 27.8 Å². The average Bonchev–Trinajstić information content (AvgIpc) is 3.10. The maximum atomic E-state index is 13.2. The first-order chi connectivity index (χ1) is 14.5. The number of rotatable bonds is 9. The minimum Gasteiger partial charge on any atom is -0.444 e. The van der Waals surface area contributed by atoms with Gasteiger partial charge in [-0.1, -0.05) is 13.3 Å². The molecule has 2 fully saturated rings. The van der Waals surface area contributed by atoms with Crippen LogP contribution in [0, 0.1) is 5.41 Å². The first-order valence-electron chi connectivity index (χ1n) is 11.5. The van der Waals surface area contributed by atoms with E-state index in [0.29, 0.717) is 6.54 Å². The van der Waals surface area contributed by atoms with Gasteiger partial charge in [0.15, 0.2) is 5.82 Å². The number of carbonyl (C=O) groups is 1. The molecule has 2 aliphatic rings. The van der Waals surface area contributed by atoms with Gasteiger partial charge in [-0.2, -0.15) is 0 Å². The molecule has 1 amide bonds. The van der Waals surface area contributed by atoms with E-state index in [-0.39, 0.29) is 29.2 Å². The van der Waals surface area contributed by atoms with Crippen LogP contribution >= 0.6 is 0 Å². The molecule has 9 heteroatoms. The number of likely N-dealkylation sites (tertiary alicyclic amines) is 1. The number of nitrogens with zero attached hydrogens (tertiary/aromatic N) is 5. The fraction of sp³-hybridized carbons (Fsp3) is 0.909. The Balaban J connectivity index is 1.90. The van der Waals surface area contributed by atoms with Crippen molar-refractivity contribution in [3.05, 3.63) is 5.82 Å². The van der Waals surface area contributed by atoms with Crippen molar-refractivity contribution in [2.45, 2.75) is 103 Å². The molecule has 2 atom stereocenters. The van der Waals surface area contributed by atoms with E-state index >= 15 is 0 Å². The quantitative estimate of drug-likeness (QED) is 0.634. The van der Waals surface area contributed by atoms with Crippen LogP contribution in [0.3, 0.4) is 0 Å².